The number of aryl methyl sites for hydroxylation is 1. The number of carbonyl (C=O) groups excluding carboxylic acids is 3. The molecule has 7 aromatic rings. The number of β-amino-alcohol motifs (C(OH)–C–C–N with tert-alkyl or cyclic N) is 1. The number of benzene rings is 5. The highest BCUT2D eigenvalue weighted by molar-refractivity contribution is 7.13. The number of fused-ring (bicyclic) bond motifs is 1. The van der Waals surface area contributed by atoms with Gasteiger partial charge in [-0.3, -0.25) is 14.4 Å². The number of aromatic nitrogens is 3. The molecule has 2 aromatic heterocycles. The molecule has 0 bridgehead atoms. The molecule has 3 atom stereocenters. The van der Waals surface area contributed by atoms with Crippen molar-refractivity contribution < 1.29 is 47.6 Å². The van der Waals surface area contributed by atoms with Gasteiger partial charge in [-0.25, -0.2) is 19.3 Å². The third-order valence-corrected chi connectivity index (χ3v) is 13.8. The first-order valence-corrected chi connectivity index (χ1v) is 26.1. The van der Waals surface area contributed by atoms with E-state index in [-0.39, 0.29) is 57.7 Å². The lowest BCUT2D eigenvalue weighted by molar-refractivity contribution is -0.144. The Labute approximate surface area is 449 Å². The summed E-state index contributed by atoms with van der Waals surface area (Å²) in [6, 6.07) is 31.3. The molecule has 16 nitrogen and oxygen atoms in total. The number of aliphatic hydroxyl groups excluding tert-OH is 1. The van der Waals surface area contributed by atoms with Gasteiger partial charge in [-0.15, -0.1) is 11.3 Å². The molecule has 0 saturated carbocycles. The van der Waals surface area contributed by atoms with Crippen molar-refractivity contribution in [2.45, 2.75) is 65.5 Å². The van der Waals surface area contributed by atoms with E-state index >= 15 is 0 Å². The molecule has 76 heavy (non-hydrogen) atoms. The van der Waals surface area contributed by atoms with Crippen LogP contribution in [0.1, 0.15) is 44.0 Å². The fourth-order valence-corrected chi connectivity index (χ4v) is 9.55. The maximum Gasteiger partial charge on any atom is 0.246 e. The van der Waals surface area contributed by atoms with Crippen molar-refractivity contribution in [3.63, 3.8) is 0 Å². The zero-order valence-electron chi connectivity index (χ0n) is 42.7. The summed E-state index contributed by atoms with van der Waals surface area (Å²) >= 11 is 8.13. The van der Waals surface area contributed by atoms with Crippen LogP contribution >= 0.6 is 22.9 Å². The van der Waals surface area contributed by atoms with Crippen LogP contribution in [0.2, 0.25) is 5.02 Å². The van der Waals surface area contributed by atoms with Gasteiger partial charge in [0.05, 0.1) is 65.8 Å². The third-order valence-electron chi connectivity index (χ3n) is 12.5. The Kier molecular flexibility index (Phi) is 19.0. The summed E-state index contributed by atoms with van der Waals surface area (Å²) in [6.45, 7) is 9.22. The van der Waals surface area contributed by atoms with E-state index in [1.54, 1.807) is 35.6 Å². The van der Waals surface area contributed by atoms with Gasteiger partial charge in [-0.1, -0.05) is 87.0 Å². The molecule has 1 aliphatic heterocycles. The predicted octanol–water partition coefficient (Wildman–Crippen LogP) is 9.08. The molecule has 1 fully saturated rings. The minimum atomic E-state index is -0.976. The maximum atomic E-state index is 14.0. The molecule has 3 heterocycles. The first-order chi connectivity index (χ1) is 36.7. The van der Waals surface area contributed by atoms with Gasteiger partial charge in [-0.05, 0) is 94.8 Å². The van der Waals surface area contributed by atoms with Gasteiger partial charge in [0.25, 0.3) is 0 Å². The standard InChI is InChI=1S/C57H61ClFN7O9S/c1-36-52(76-35-63-36)40-10-8-37(9-11-40)30-60-55(69)49-29-44(67)31-66(49)56(70)53(57(2,3)4)65-51(68)33-73-23-22-71-20-21-72-24-25-74-45-16-12-39(13-17-45)41-14-18-48-46(27-41)54(62-34-61-48)64-43-15-19-50(47(58)28-43)75-32-38-6-5-7-42(59)26-38/h5-19,26-28,34-35,44,49,53,67H,20-25,29-33H2,1-4H3,(H,60,69)(H,65,68)(H,61,62,64)/t44?,49?,53-/m1/s1. The van der Waals surface area contributed by atoms with E-state index in [1.807, 2.05) is 106 Å². The normalized spacial score (nSPS) is 14.9. The number of hydrogen-bond acceptors (Lipinski definition) is 14. The Bertz CT molecular complexity index is 3090. The highest BCUT2D eigenvalue weighted by Gasteiger charge is 2.44. The number of amides is 3. The fourth-order valence-electron chi connectivity index (χ4n) is 8.51. The molecule has 398 valence electrons. The first kappa shape index (κ1) is 55.2. The molecular weight excluding hydrogens is 1010 g/mol. The summed E-state index contributed by atoms with van der Waals surface area (Å²) in [5.41, 5.74) is 8.09. The smallest absolute Gasteiger partial charge is 0.246 e. The lowest BCUT2D eigenvalue weighted by atomic mass is 9.85. The number of thiazole rings is 1. The molecule has 3 amide bonds. The van der Waals surface area contributed by atoms with Crippen LogP contribution in [0, 0.1) is 18.2 Å². The second-order valence-corrected chi connectivity index (χ2v) is 20.5. The summed E-state index contributed by atoms with van der Waals surface area (Å²) in [6.07, 6.45) is 0.710. The topological polar surface area (TPSA) is 196 Å². The molecule has 1 aliphatic rings. The number of anilines is 2. The zero-order valence-corrected chi connectivity index (χ0v) is 44.3. The minimum Gasteiger partial charge on any atom is -0.491 e. The number of rotatable bonds is 24. The van der Waals surface area contributed by atoms with E-state index in [4.69, 9.17) is 35.3 Å². The van der Waals surface area contributed by atoms with Crippen LogP contribution in [0.5, 0.6) is 11.5 Å². The Morgan fingerprint density at radius 1 is 0.816 bits per heavy atom. The Morgan fingerprint density at radius 2 is 1.54 bits per heavy atom. The Morgan fingerprint density at radius 3 is 2.25 bits per heavy atom. The van der Waals surface area contributed by atoms with Crippen molar-refractivity contribution >= 4 is 63.1 Å². The monoisotopic (exact) mass is 1070 g/mol. The van der Waals surface area contributed by atoms with Crippen LogP contribution in [-0.4, -0.2) is 114 Å². The first-order valence-electron chi connectivity index (χ1n) is 24.9. The van der Waals surface area contributed by atoms with Crippen molar-refractivity contribution in [3.05, 3.63) is 149 Å². The predicted molar refractivity (Wildman–Crippen MR) is 290 cm³/mol. The quantitative estimate of drug-likeness (QED) is 0.0419. The molecule has 1 saturated heterocycles. The molecular formula is C57H61ClFN7O9S. The average molecular weight is 1070 g/mol. The molecule has 0 spiro atoms. The van der Waals surface area contributed by atoms with Crippen LogP contribution < -0.4 is 25.4 Å². The van der Waals surface area contributed by atoms with Crippen molar-refractivity contribution in [2.24, 2.45) is 5.41 Å². The van der Waals surface area contributed by atoms with Crippen molar-refractivity contribution in [1.29, 1.82) is 0 Å². The van der Waals surface area contributed by atoms with Gasteiger partial charge >= 0.3 is 0 Å². The van der Waals surface area contributed by atoms with E-state index < -0.39 is 35.4 Å². The van der Waals surface area contributed by atoms with Crippen LogP contribution in [0.25, 0.3) is 32.5 Å². The van der Waals surface area contributed by atoms with Crippen LogP contribution in [0.3, 0.4) is 0 Å². The zero-order chi connectivity index (χ0) is 53.6. The van der Waals surface area contributed by atoms with E-state index in [9.17, 15) is 23.9 Å². The van der Waals surface area contributed by atoms with Gasteiger partial charge in [-0.2, -0.15) is 0 Å². The van der Waals surface area contributed by atoms with Crippen LogP contribution in [0.15, 0.2) is 121 Å². The van der Waals surface area contributed by atoms with Crippen molar-refractivity contribution in [2.75, 3.05) is 58.1 Å². The number of hydrogen-bond donors (Lipinski definition) is 4. The molecule has 5 aromatic carbocycles. The molecule has 0 radical (unpaired) electrons. The summed E-state index contributed by atoms with van der Waals surface area (Å²) < 4.78 is 42.2. The Hall–Kier alpha value is -7.06. The van der Waals surface area contributed by atoms with E-state index in [2.05, 4.69) is 30.9 Å². The number of nitrogens with one attached hydrogen (secondary N) is 3. The SMILES string of the molecule is Cc1ncsc1-c1ccc(CNC(=O)C2CC(O)CN2C(=O)[C@@H](NC(=O)COCCOCCOCCOc2ccc(-c3ccc4ncnc(Nc5ccc(OCc6cccc(F)c6)c(Cl)c5)c4c3)cc2)C(C)(C)C)cc1. The highest BCUT2D eigenvalue weighted by atomic mass is 35.5. The fraction of sp³-hybridized carbons (Fsp3) is 0.333. The van der Waals surface area contributed by atoms with Gasteiger partial charge in [0.1, 0.15) is 61.4 Å². The number of ether oxygens (including phenoxy) is 5. The number of halogens is 2. The van der Waals surface area contributed by atoms with Gasteiger partial charge in [0.15, 0.2) is 0 Å². The summed E-state index contributed by atoms with van der Waals surface area (Å²) in [4.78, 5) is 56.2. The molecule has 19 heteroatoms. The number of carbonyl (C=O) groups is 3. The van der Waals surface area contributed by atoms with Gasteiger partial charge in [0.2, 0.25) is 17.7 Å². The second-order valence-electron chi connectivity index (χ2n) is 19.2. The Balaban J connectivity index is 0.705. The van der Waals surface area contributed by atoms with E-state index in [0.717, 1.165) is 43.7 Å². The largest absolute Gasteiger partial charge is 0.491 e. The van der Waals surface area contributed by atoms with Gasteiger partial charge in [0, 0.05) is 30.6 Å². The summed E-state index contributed by atoms with van der Waals surface area (Å²) in [5.74, 6) is 0.116. The third kappa shape index (κ3) is 15.1. The van der Waals surface area contributed by atoms with Crippen LogP contribution in [-0.2, 0) is 41.7 Å². The van der Waals surface area contributed by atoms with Crippen LogP contribution in [0.4, 0.5) is 15.9 Å². The molecule has 2 unspecified atom stereocenters. The van der Waals surface area contributed by atoms with Crippen molar-refractivity contribution in [1.82, 2.24) is 30.5 Å². The van der Waals surface area contributed by atoms with Gasteiger partial charge < -0.3 is 49.6 Å². The number of nitrogens with zero attached hydrogens (tertiary/aromatic N) is 4. The van der Waals surface area contributed by atoms with E-state index in [0.29, 0.717) is 60.0 Å². The second kappa shape index (κ2) is 26.1. The minimum absolute atomic E-state index is 0.0243. The lowest BCUT2D eigenvalue weighted by Gasteiger charge is -2.35. The van der Waals surface area contributed by atoms with Crippen molar-refractivity contribution in [3.8, 4) is 33.1 Å². The maximum absolute atomic E-state index is 14.0. The number of aliphatic hydroxyl groups is 1. The van der Waals surface area contributed by atoms with E-state index in [1.165, 1.54) is 23.4 Å². The summed E-state index contributed by atoms with van der Waals surface area (Å²) in [5, 5.41) is 20.8. The molecule has 8 rings (SSSR count). The molecule has 4 N–H and O–H groups in total. The highest BCUT2D eigenvalue weighted by Crippen LogP contribution is 2.34. The summed E-state index contributed by atoms with van der Waals surface area (Å²) in [7, 11) is 0. The average Bonchev–Trinajstić information content (AvgIpc) is 4.03. The lowest BCUT2D eigenvalue weighted by Crippen LogP contribution is -2.58. The molecule has 0 aliphatic carbocycles. The number of likely N-dealkylation sites (tertiary alicyclic amines) is 1.